The lowest BCUT2D eigenvalue weighted by Crippen LogP contribution is -2.42. The van der Waals surface area contributed by atoms with Crippen molar-refractivity contribution in [2.24, 2.45) is 5.16 Å². The molecule has 0 saturated carbocycles. The van der Waals surface area contributed by atoms with Crippen LogP contribution in [0.3, 0.4) is 0 Å². The number of benzene rings is 1. The van der Waals surface area contributed by atoms with Crippen LogP contribution in [0, 0.1) is 0 Å². The number of halogens is 5. The lowest BCUT2D eigenvalue weighted by atomic mass is 9.86. The van der Waals surface area contributed by atoms with Gasteiger partial charge in [-0.1, -0.05) is 28.4 Å². The zero-order valence-corrected chi connectivity index (χ0v) is 14.2. The smallest absolute Gasteiger partial charge is 0.435 e. The third-order valence-corrected chi connectivity index (χ3v) is 4.26. The second-order valence-electron chi connectivity index (χ2n) is 5.52. The zero-order chi connectivity index (χ0) is 19.1. The third-order valence-electron chi connectivity index (χ3n) is 3.83. The largest absolute Gasteiger partial charge is 0.477 e. The van der Waals surface area contributed by atoms with Gasteiger partial charge in [0.2, 0.25) is 0 Å². The first-order chi connectivity index (χ1) is 12.1. The van der Waals surface area contributed by atoms with Crippen LogP contribution in [0.25, 0.3) is 0 Å². The molecule has 26 heavy (non-hydrogen) atoms. The summed E-state index contributed by atoms with van der Waals surface area (Å²) in [5.74, 6) is -1.31. The van der Waals surface area contributed by atoms with Gasteiger partial charge in [-0.05, 0) is 30.3 Å². The van der Waals surface area contributed by atoms with Gasteiger partial charge in [0.05, 0.1) is 5.71 Å². The summed E-state index contributed by atoms with van der Waals surface area (Å²) in [6, 6.07) is 5.99. The summed E-state index contributed by atoms with van der Waals surface area (Å²) < 4.78 is 41.6. The number of oxime groups is 1. The number of carboxylic acid groups (broad SMARTS) is 1. The highest BCUT2D eigenvalue weighted by Crippen LogP contribution is 2.49. The number of aromatic nitrogens is 1. The molecule has 1 atom stereocenters. The summed E-state index contributed by atoms with van der Waals surface area (Å²) in [6.07, 6.45) is -4.32. The molecule has 0 bridgehead atoms. The van der Waals surface area contributed by atoms with Crippen molar-refractivity contribution in [3.05, 3.63) is 63.4 Å². The van der Waals surface area contributed by atoms with Crippen molar-refractivity contribution in [2.75, 3.05) is 0 Å². The zero-order valence-electron chi connectivity index (χ0n) is 12.7. The van der Waals surface area contributed by atoms with Gasteiger partial charge >= 0.3 is 12.1 Å². The number of hydrogen-bond donors (Lipinski definition) is 1. The summed E-state index contributed by atoms with van der Waals surface area (Å²) in [5, 5.41) is 12.6. The van der Waals surface area contributed by atoms with Gasteiger partial charge in [-0.15, -0.1) is 0 Å². The number of hydrogen-bond acceptors (Lipinski definition) is 4. The Balaban J connectivity index is 2.04. The van der Waals surface area contributed by atoms with Crippen LogP contribution in [0.5, 0.6) is 0 Å². The molecule has 2 heterocycles. The van der Waals surface area contributed by atoms with Crippen molar-refractivity contribution in [2.45, 2.75) is 18.2 Å². The van der Waals surface area contributed by atoms with Crippen LogP contribution in [0.1, 0.15) is 28.0 Å². The van der Waals surface area contributed by atoms with Crippen molar-refractivity contribution in [1.82, 2.24) is 4.98 Å². The molecule has 0 radical (unpaired) electrons. The Morgan fingerprint density at radius 1 is 1.19 bits per heavy atom. The topological polar surface area (TPSA) is 71.8 Å². The maximum atomic E-state index is 13.9. The molecular formula is C16H9Cl2F3N2O3. The van der Waals surface area contributed by atoms with Crippen molar-refractivity contribution < 1.29 is 27.9 Å². The molecule has 0 amide bonds. The van der Waals surface area contributed by atoms with Crippen LogP contribution in [0.4, 0.5) is 13.2 Å². The highest BCUT2D eigenvalue weighted by molar-refractivity contribution is 6.34. The summed E-state index contributed by atoms with van der Waals surface area (Å²) in [7, 11) is 0. The van der Waals surface area contributed by atoms with E-state index in [2.05, 4.69) is 10.1 Å². The number of rotatable bonds is 3. The van der Waals surface area contributed by atoms with Crippen LogP contribution < -0.4 is 0 Å². The highest BCUT2D eigenvalue weighted by Gasteiger charge is 2.62. The normalized spacial score (nSPS) is 19.8. The number of carboxylic acids is 1. The molecule has 1 aliphatic heterocycles. The molecule has 1 aromatic carbocycles. The first kappa shape index (κ1) is 18.5. The molecule has 0 spiro atoms. The van der Waals surface area contributed by atoms with Crippen LogP contribution in [-0.2, 0) is 10.4 Å². The van der Waals surface area contributed by atoms with E-state index in [1.807, 2.05) is 0 Å². The fraction of sp³-hybridized carbons (Fsp3) is 0.188. The average molecular weight is 405 g/mol. The molecule has 0 aliphatic carbocycles. The molecule has 136 valence electrons. The number of nitrogens with zero attached hydrogens (tertiary/aromatic N) is 2. The average Bonchev–Trinajstić information content (AvgIpc) is 3.00. The predicted octanol–water partition coefficient (Wildman–Crippen LogP) is 4.67. The van der Waals surface area contributed by atoms with Crippen molar-refractivity contribution in [3.8, 4) is 0 Å². The Morgan fingerprint density at radius 3 is 2.42 bits per heavy atom. The third kappa shape index (κ3) is 3.22. The number of carbonyl (C=O) groups is 1. The van der Waals surface area contributed by atoms with E-state index in [1.54, 1.807) is 0 Å². The second-order valence-corrected chi connectivity index (χ2v) is 6.40. The SMILES string of the molecule is O=C(O)c1cc(C2=NOC(c3cc(Cl)cc(Cl)c3)(C(F)(F)F)C2)ccn1. The Hall–Kier alpha value is -2.32. The van der Waals surface area contributed by atoms with Gasteiger partial charge in [-0.2, -0.15) is 13.2 Å². The Morgan fingerprint density at radius 2 is 1.85 bits per heavy atom. The standard InChI is InChI=1S/C16H9Cl2F3N2O3/c17-10-4-9(5-11(18)6-10)15(16(19,20)21)7-13(23-26-15)8-1-2-22-12(3-8)14(24)25/h1-6H,7H2,(H,24,25). The van der Waals surface area contributed by atoms with Crippen LogP contribution in [-0.4, -0.2) is 27.9 Å². The highest BCUT2D eigenvalue weighted by atomic mass is 35.5. The van der Waals surface area contributed by atoms with E-state index in [0.717, 1.165) is 18.2 Å². The molecule has 5 nitrogen and oxygen atoms in total. The van der Waals surface area contributed by atoms with Crippen LogP contribution in [0.2, 0.25) is 10.0 Å². The van der Waals surface area contributed by atoms with E-state index in [-0.39, 0.29) is 32.6 Å². The number of pyridine rings is 1. The molecule has 1 aromatic heterocycles. The van der Waals surface area contributed by atoms with Gasteiger partial charge < -0.3 is 9.94 Å². The van der Waals surface area contributed by atoms with Gasteiger partial charge in [0, 0.05) is 33.8 Å². The van der Waals surface area contributed by atoms with Crippen molar-refractivity contribution in [3.63, 3.8) is 0 Å². The van der Waals surface area contributed by atoms with E-state index < -0.39 is 24.2 Å². The van der Waals surface area contributed by atoms with Gasteiger partial charge in [-0.3, -0.25) is 0 Å². The van der Waals surface area contributed by atoms with E-state index in [1.165, 1.54) is 18.3 Å². The molecule has 10 heteroatoms. The predicted molar refractivity (Wildman–Crippen MR) is 87.6 cm³/mol. The molecule has 1 unspecified atom stereocenters. The minimum atomic E-state index is -4.82. The Labute approximate surface area is 155 Å². The van der Waals surface area contributed by atoms with Crippen molar-refractivity contribution in [1.29, 1.82) is 0 Å². The summed E-state index contributed by atoms with van der Waals surface area (Å²) in [5.41, 5.74) is -3.29. The van der Waals surface area contributed by atoms with E-state index in [0.29, 0.717) is 0 Å². The fourth-order valence-corrected chi connectivity index (χ4v) is 3.10. The summed E-state index contributed by atoms with van der Waals surface area (Å²) in [6.45, 7) is 0. The Bertz CT molecular complexity index is 898. The van der Waals surface area contributed by atoms with Gasteiger partial charge in [0.15, 0.2) is 0 Å². The molecule has 1 N–H and O–H groups in total. The summed E-state index contributed by atoms with van der Waals surface area (Å²) in [4.78, 5) is 19.5. The molecule has 0 fully saturated rings. The van der Waals surface area contributed by atoms with Crippen LogP contribution in [0.15, 0.2) is 41.7 Å². The quantitative estimate of drug-likeness (QED) is 0.806. The summed E-state index contributed by atoms with van der Waals surface area (Å²) >= 11 is 11.7. The minimum absolute atomic E-state index is 0.0187. The van der Waals surface area contributed by atoms with Gasteiger partial charge in [-0.25, -0.2) is 9.78 Å². The number of aromatic carboxylic acids is 1. The lowest BCUT2D eigenvalue weighted by Gasteiger charge is -2.29. The molecule has 0 saturated heterocycles. The monoisotopic (exact) mass is 404 g/mol. The molecular weight excluding hydrogens is 396 g/mol. The Kier molecular flexibility index (Phi) is 4.58. The van der Waals surface area contributed by atoms with E-state index in [9.17, 15) is 18.0 Å². The lowest BCUT2D eigenvalue weighted by molar-refractivity contribution is -0.275. The van der Waals surface area contributed by atoms with Gasteiger partial charge in [0.1, 0.15) is 5.69 Å². The second kappa shape index (κ2) is 6.44. The first-order valence-corrected chi connectivity index (χ1v) is 7.86. The van der Waals surface area contributed by atoms with Crippen LogP contribution >= 0.6 is 23.2 Å². The van der Waals surface area contributed by atoms with E-state index >= 15 is 0 Å². The van der Waals surface area contributed by atoms with Crippen molar-refractivity contribution >= 4 is 34.9 Å². The molecule has 1 aliphatic rings. The maximum Gasteiger partial charge on any atom is 0.435 e. The molecule has 2 aromatic rings. The van der Waals surface area contributed by atoms with Gasteiger partial charge in [0.25, 0.3) is 5.60 Å². The minimum Gasteiger partial charge on any atom is -0.477 e. The fourth-order valence-electron chi connectivity index (χ4n) is 2.57. The first-order valence-electron chi connectivity index (χ1n) is 7.10. The molecule has 3 rings (SSSR count). The van der Waals surface area contributed by atoms with E-state index in [4.69, 9.17) is 33.1 Å². The maximum absolute atomic E-state index is 13.9. The number of alkyl halides is 3.